The van der Waals surface area contributed by atoms with Gasteiger partial charge in [0.05, 0.1) is 6.20 Å². The zero-order valence-electron chi connectivity index (χ0n) is 18.3. The van der Waals surface area contributed by atoms with Gasteiger partial charge in [-0.25, -0.2) is 4.98 Å². The molecule has 0 radical (unpaired) electrons. The first-order valence-electron chi connectivity index (χ1n) is 11.2. The summed E-state index contributed by atoms with van der Waals surface area (Å²) in [7, 11) is 0. The Bertz CT molecular complexity index is 1040. The molecule has 0 amide bonds. The number of piperazine rings is 1. The van der Waals surface area contributed by atoms with Crippen molar-refractivity contribution in [2.45, 2.75) is 13.8 Å². The summed E-state index contributed by atoms with van der Waals surface area (Å²) < 4.78 is 12.9. The molecular weight excluding hydrogens is 392 g/mol. The summed E-state index contributed by atoms with van der Waals surface area (Å²) in [6.45, 7) is 13.4. The van der Waals surface area contributed by atoms with Crippen molar-refractivity contribution in [2.75, 3.05) is 64.1 Å². The highest BCUT2D eigenvalue weighted by molar-refractivity contribution is 5.79. The van der Waals surface area contributed by atoms with Gasteiger partial charge in [0.15, 0.2) is 17.1 Å². The van der Waals surface area contributed by atoms with E-state index in [4.69, 9.17) is 9.47 Å². The van der Waals surface area contributed by atoms with E-state index < -0.39 is 0 Å². The minimum Gasteiger partial charge on any atom is -0.454 e. The van der Waals surface area contributed by atoms with Crippen molar-refractivity contribution in [1.29, 1.82) is 0 Å². The summed E-state index contributed by atoms with van der Waals surface area (Å²) in [4.78, 5) is 12.1. The third kappa shape index (κ3) is 3.93. The van der Waals surface area contributed by atoms with Crippen molar-refractivity contribution in [3.8, 4) is 22.6 Å². The Kier molecular flexibility index (Phi) is 5.65. The summed E-state index contributed by atoms with van der Waals surface area (Å²) >= 11 is 0. The highest BCUT2D eigenvalue weighted by Gasteiger charge is 2.21. The van der Waals surface area contributed by atoms with Gasteiger partial charge in [-0.15, -0.1) is 0 Å². The molecule has 8 nitrogen and oxygen atoms in total. The zero-order chi connectivity index (χ0) is 21.2. The van der Waals surface area contributed by atoms with E-state index in [-0.39, 0.29) is 6.79 Å². The van der Waals surface area contributed by atoms with Crippen LogP contribution < -0.4 is 14.4 Å². The lowest BCUT2D eigenvalue weighted by atomic mass is 10.1. The van der Waals surface area contributed by atoms with Crippen LogP contribution in [0.2, 0.25) is 0 Å². The number of hydrogen-bond acceptors (Lipinski definition) is 7. The Labute approximate surface area is 183 Å². The lowest BCUT2D eigenvalue weighted by Gasteiger charge is -2.36. The van der Waals surface area contributed by atoms with Crippen LogP contribution in [0, 0.1) is 0 Å². The maximum Gasteiger partial charge on any atom is 0.231 e. The summed E-state index contributed by atoms with van der Waals surface area (Å²) in [5.41, 5.74) is 2.89. The van der Waals surface area contributed by atoms with Crippen LogP contribution in [0.3, 0.4) is 0 Å². The van der Waals surface area contributed by atoms with Gasteiger partial charge in [-0.1, -0.05) is 19.9 Å². The summed E-state index contributed by atoms with van der Waals surface area (Å²) in [6, 6.07) is 8.05. The molecular formula is C23H30N6O2. The number of likely N-dealkylation sites (N-methyl/N-ethyl adjacent to an activating group) is 1. The molecule has 8 heteroatoms. The van der Waals surface area contributed by atoms with E-state index in [0.717, 1.165) is 86.4 Å². The number of fused-ring (bicyclic) bond motifs is 2. The fourth-order valence-corrected chi connectivity index (χ4v) is 4.41. The lowest BCUT2D eigenvalue weighted by Crippen LogP contribution is -2.49. The van der Waals surface area contributed by atoms with Crippen LogP contribution in [-0.4, -0.2) is 83.5 Å². The molecule has 2 aliphatic heterocycles. The van der Waals surface area contributed by atoms with Gasteiger partial charge in [-0.3, -0.25) is 4.90 Å². The summed E-state index contributed by atoms with van der Waals surface area (Å²) in [6.07, 6.45) is 3.78. The number of nitrogens with zero attached hydrogens (tertiary/aromatic N) is 6. The molecule has 4 heterocycles. The minimum absolute atomic E-state index is 0.275. The Morgan fingerprint density at radius 1 is 1.00 bits per heavy atom. The van der Waals surface area contributed by atoms with E-state index >= 15 is 0 Å². The van der Waals surface area contributed by atoms with E-state index in [0.29, 0.717) is 0 Å². The molecule has 0 aliphatic carbocycles. The largest absolute Gasteiger partial charge is 0.454 e. The van der Waals surface area contributed by atoms with Gasteiger partial charge in [0.2, 0.25) is 6.79 Å². The zero-order valence-corrected chi connectivity index (χ0v) is 18.3. The van der Waals surface area contributed by atoms with Gasteiger partial charge < -0.3 is 19.3 Å². The predicted molar refractivity (Wildman–Crippen MR) is 121 cm³/mol. The number of rotatable bonds is 7. The van der Waals surface area contributed by atoms with Crippen LogP contribution in [0.5, 0.6) is 11.5 Å². The van der Waals surface area contributed by atoms with Crippen molar-refractivity contribution in [2.24, 2.45) is 0 Å². The maximum absolute atomic E-state index is 5.54. The van der Waals surface area contributed by atoms with Crippen LogP contribution in [0.4, 0.5) is 5.82 Å². The number of ether oxygens (including phenoxy) is 2. The molecule has 0 unspecified atom stereocenters. The molecule has 2 aliphatic rings. The molecule has 0 N–H and O–H groups in total. The number of anilines is 1. The smallest absolute Gasteiger partial charge is 0.231 e. The second kappa shape index (κ2) is 8.72. The summed E-state index contributed by atoms with van der Waals surface area (Å²) in [5.74, 6) is 2.65. The normalized spacial score (nSPS) is 16.5. The monoisotopic (exact) mass is 422 g/mol. The Morgan fingerprint density at radius 3 is 2.61 bits per heavy atom. The van der Waals surface area contributed by atoms with Crippen molar-refractivity contribution in [3.05, 3.63) is 36.7 Å². The Morgan fingerprint density at radius 2 is 1.81 bits per heavy atom. The van der Waals surface area contributed by atoms with Crippen LogP contribution in [-0.2, 0) is 0 Å². The topological polar surface area (TPSA) is 58.4 Å². The second-order valence-electron chi connectivity index (χ2n) is 8.02. The third-order valence-corrected chi connectivity index (χ3v) is 6.39. The molecule has 0 bridgehead atoms. The molecule has 1 fully saturated rings. The number of benzene rings is 1. The average molecular weight is 423 g/mol. The first-order chi connectivity index (χ1) is 15.3. The first-order valence-corrected chi connectivity index (χ1v) is 11.2. The van der Waals surface area contributed by atoms with Crippen molar-refractivity contribution in [1.82, 2.24) is 24.4 Å². The predicted octanol–water partition coefficient (Wildman–Crippen LogP) is 2.59. The van der Waals surface area contributed by atoms with Gasteiger partial charge in [0.1, 0.15) is 5.82 Å². The van der Waals surface area contributed by atoms with E-state index in [1.165, 1.54) is 0 Å². The van der Waals surface area contributed by atoms with E-state index in [2.05, 4.69) is 44.7 Å². The molecule has 31 heavy (non-hydrogen) atoms. The highest BCUT2D eigenvalue weighted by Crippen LogP contribution is 2.37. The third-order valence-electron chi connectivity index (χ3n) is 6.39. The summed E-state index contributed by atoms with van der Waals surface area (Å²) in [5, 5.41) is 4.68. The average Bonchev–Trinajstić information content (AvgIpc) is 3.46. The van der Waals surface area contributed by atoms with Crippen molar-refractivity contribution < 1.29 is 9.47 Å². The fourth-order valence-electron chi connectivity index (χ4n) is 4.41. The van der Waals surface area contributed by atoms with Crippen molar-refractivity contribution >= 4 is 11.5 Å². The van der Waals surface area contributed by atoms with Gasteiger partial charge in [-0.2, -0.15) is 9.61 Å². The number of aromatic nitrogens is 3. The van der Waals surface area contributed by atoms with Crippen molar-refractivity contribution in [3.63, 3.8) is 0 Å². The van der Waals surface area contributed by atoms with Gasteiger partial charge in [0, 0.05) is 51.0 Å². The molecule has 0 spiro atoms. The van der Waals surface area contributed by atoms with Crippen LogP contribution in [0.1, 0.15) is 13.8 Å². The van der Waals surface area contributed by atoms with E-state index in [1.54, 1.807) is 0 Å². The van der Waals surface area contributed by atoms with Gasteiger partial charge in [-0.05, 0) is 36.9 Å². The quantitative estimate of drug-likeness (QED) is 0.580. The molecule has 3 aromatic rings. The molecule has 0 atom stereocenters. The van der Waals surface area contributed by atoms with Crippen LogP contribution in [0.15, 0.2) is 36.7 Å². The van der Waals surface area contributed by atoms with Gasteiger partial charge >= 0.3 is 0 Å². The van der Waals surface area contributed by atoms with Gasteiger partial charge in [0.25, 0.3) is 0 Å². The first kappa shape index (κ1) is 20.1. The molecule has 164 valence electrons. The lowest BCUT2D eigenvalue weighted by molar-refractivity contribution is 0.174. The van der Waals surface area contributed by atoms with E-state index in [1.807, 2.05) is 35.1 Å². The Balaban J connectivity index is 1.32. The molecule has 1 aromatic carbocycles. The molecule has 5 rings (SSSR count). The molecule has 2 aromatic heterocycles. The molecule has 0 saturated carbocycles. The fraction of sp³-hybridized carbons (Fsp3) is 0.478. The van der Waals surface area contributed by atoms with Crippen LogP contribution >= 0.6 is 0 Å². The second-order valence-corrected chi connectivity index (χ2v) is 8.02. The Hall–Kier alpha value is -2.84. The highest BCUT2D eigenvalue weighted by atomic mass is 16.7. The SMILES string of the molecule is CCN(CC)CCN1CCN(c2ccnc3c(-c4ccc5c(c4)OCO5)cnn23)CC1. The van der Waals surface area contributed by atoms with Crippen LogP contribution in [0.25, 0.3) is 16.8 Å². The van der Waals surface area contributed by atoms with E-state index in [9.17, 15) is 0 Å². The minimum atomic E-state index is 0.275. The molecule has 1 saturated heterocycles. The number of hydrogen-bond donors (Lipinski definition) is 0. The standard InChI is InChI=1S/C23H30N6O2/c1-3-26(4-2)9-10-27-11-13-28(14-12-27)22-7-8-24-23-19(16-25-29(22)23)18-5-6-20-21(15-18)31-17-30-20/h5-8,15-16H,3-4,9-14,17H2,1-2H3. The maximum atomic E-state index is 5.54.